The van der Waals surface area contributed by atoms with Crippen molar-refractivity contribution in [3.63, 3.8) is 0 Å². The third-order valence-electron chi connectivity index (χ3n) is 5.12. The molecule has 1 aliphatic heterocycles. The Balaban J connectivity index is 1.81. The first-order chi connectivity index (χ1) is 8.76. The van der Waals surface area contributed by atoms with Gasteiger partial charge in [-0.25, -0.2) is 0 Å². The highest BCUT2D eigenvalue weighted by Gasteiger charge is 2.36. The van der Waals surface area contributed by atoms with Crippen LogP contribution in [-0.4, -0.2) is 35.6 Å². The predicted molar refractivity (Wildman–Crippen MR) is 79.0 cm³/mol. The lowest BCUT2D eigenvalue weighted by Gasteiger charge is -2.40. The smallest absolute Gasteiger partial charge is 0.0102 e. The number of hydrogen-bond acceptors (Lipinski definition) is 2. The van der Waals surface area contributed by atoms with Crippen molar-refractivity contribution in [2.45, 2.75) is 96.3 Å². The molecule has 0 amide bonds. The second-order valence-corrected chi connectivity index (χ2v) is 6.40. The van der Waals surface area contributed by atoms with Gasteiger partial charge in [0.15, 0.2) is 0 Å². The van der Waals surface area contributed by atoms with E-state index in [1.807, 2.05) is 0 Å². The van der Waals surface area contributed by atoms with E-state index in [2.05, 4.69) is 31.0 Å². The van der Waals surface area contributed by atoms with Gasteiger partial charge in [-0.3, -0.25) is 4.90 Å². The van der Waals surface area contributed by atoms with Crippen LogP contribution in [0.3, 0.4) is 0 Å². The molecule has 2 unspecified atom stereocenters. The van der Waals surface area contributed by atoms with E-state index in [0.717, 1.165) is 24.2 Å². The van der Waals surface area contributed by atoms with Gasteiger partial charge in [0.25, 0.3) is 0 Å². The minimum absolute atomic E-state index is 0.805. The zero-order valence-corrected chi connectivity index (χ0v) is 12.6. The van der Waals surface area contributed by atoms with Crippen LogP contribution in [0.4, 0.5) is 0 Å². The molecule has 2 heteroatoms. The molecule has 106 valence electrons. The summed E-state index contributed by atoms with van der Waals surface area (Å²) in [7, 11) is 0. The summed E-state index contributed by atoms with van der Waals surface area (Å²) in [5.41, 5.74) is 0. The molecule has 2 rings (SSSR count). The van der Waals surface area contributed by atoms with Gasteiger partial charge in [-0.2, -0.15) is 0 Å². The Kier molecular flexibility index (Phi) is 5.50. The molecule has 1 N–H and O–H groups in total. The lowest BCUT2D eigenvalue weighted by molar-refractivity contribution is 0.0953. The van der Waals surface area contributed by atoms with Crippen molar-refractivity contribution in [1.29, 1.82) is 0 Å². The maximum atomic E-state index is 3.70. The summed E-state index contributed by atoms with van der Waals surface area (Å²) >= 11 is 0. The lowest BCUT2D eigenvalue weighted by Crippen LogP contribution is -2.47. The van der Waals surface area contributed by atoms with Crippen LogP contribution in [0, 0.1) is 0 Å². The van der Waals surface area contributed by atoms with Gasteiger partial charge in [0.2, 0.25) is 0 Å². The average Bonchev–Trinajstić information content (AvgIpc) is 2.78. The molecule has 0 radical (unpaired) electrons. The van der Waals surface area contributed by atoms with E-state index in [1.54, 1.807) is 0 Å². The standard InChI is InChI=1S/C16H32N2/c1-4-12-17-14-7-10-16(11-8-14)18-13(3)6-9-15(18)5-2/h13-17H,4-12H2,1-3H3. The van der Waals surface area contributed by atoms with E-state index in [4.69, 9.17) is 0 Å². The fourth-order valence-corrected chi connectivity index (χ4v) is 4.09. The third-order valence-corrected chi connectivity index (χ3v) is 5.12. The molecule has 2 nitrogen and oxygen atoms in total. The Bertz CT molecular complexity index is 233. The quantitative estimate of drug-likeness (QED) is 0.805. The molecule has 1 saturated carbocycles. The van der Waals surface area contributed by atoms with Crippen LogP contribution in [0.2, 0.25) is 0 Å². The van der Waals surface area contributed by atoms with Crippen LogP contribution in [0.5, 0.6) is 0 Å². The van der Waals surface area contributed by atoms with Crippen LogP contribution in [-0.2, 0) is 0 Å². The number of nitrogens with one attached hydrogen (secondary N) is 1. The van der Waals surface area contributed by atoms with Crippen LogP contribution in [0.15, 0.2) is 0 Å². The molecular weight excluding hydrogens is 220 g/mol. The summed E-state index contributed by atoms with van der Waals surface area (Å²) in [5.74, 6) is 0. The SMILES string of the molecule is CCCNC1CCC(N2C(C)CCC2CC)CC1. The van der Waals surface area contributed by atoms with Gasteiger partial charge in [0, 0.05) is 24.2 Å². The van der Waals surface area contributed by atoms with Crippen molar-refractivity contribution in [2.24, 2.45) is 0 Å². The van der Waals surface area contributed by atoms with Crippen molar-refractivity contribution in [1.82, 2.24) is 10.2 Å². The monoisotopic (exact) mass is 252 g/mol. The number of rotatable bonds is 5. The largest absolute Gasteiger partial charge is 0.314 e. The van der Waals surface area contributed by atoms with Gasteiger partial charge in [0.05, 0.1) is 0 Å². The zero-order chi connectivity index (χ0) is 13.0. The van der Waals surface area contributed by atoms with E-state index in [0.29, 0.717) is 0 Å². The molecule has 0 aromatic heterocycles. The molecule has 0 aromatic carbocycles. The number of likely N-dealkylation sites (tertiary alicyclic amines) is 1. The highest BCUT2D eigenvalue weighted by atomic mass is 15.2. The van der Waals surface area contributed by atoms with Gasteiger partial charge < -0.3 is 5.32 Å². The zero-order valence-electron chi connectivity index (χ0n) is 12.6. The summed E-state index contributed by atoms with van der Waals surface area (Å²) in [4.78, 5) is 2.87. The predicted octanol–water partition coefficient (Wildman–Crippen LogP) is 3.56. The first-order valence-corrected chi connectivity index (χ1v) is 8.27. The molecule has 2 fully saturated rings. The molecule has 0 aromatic rings. The van der Waals surface area contributed by atoms with Crippen molar-refractivity contribution in [3.05, 3.63) is 0 Å². The Morgan fingerprint density at radius 2 is 1.72 bits per heavy atom. The maximum absolute atomic E-state index is 3.70. The molecular formula is C16H32N2. The summed E-state index contributed by atoms with van der Waals surface area (Å²) < 4.78 is 0. The summed E-state index contributed by atoms with van der Waals surface area (Å²) in [6, 6.07) is 3.40. The van der Waals surface area contributed by atoms with Gasteiger partial charge >= 0.3 is 0 Å². The Labute approximate surface area is 114 Å². The summed E-state index contributed by atoms with van der Waals surface area (Å²) in [5, 5.41) is 3.70. The van der Waals surface area contributed by atoms with Gasteiger partial charge in [-0.15, -0.1) is 0 Å². The lowest BCUT2D eigenvalue weighted by atomic mass is 9.89. The fourth-order valence-electron chi connectivity index (χ4n) is 4.09. The van der Waals surface area contributed by atoms with E-state index in [1.165, 1.54) is 57.9 Å². The molecule has 1 heterocycles. The van der Waals surface area contributed by atoms with E-state index in [-0.39, 0.29) is 0 Å². The van der Waals surface area contributed by atoms with Crippen molar-refractivity contribution >= 4 is 0 Å². The first-order valence-electron chi connectivity index (χ1n) is 8.27. The Hall–Kier alpha value is -0.0800. The van der Waals surface area contributed by atoms with E-state index in [9.17, 15) is 0 Å². The topological polar surface area (TPSA) is 15.3 Å². The normalized spacial score (nSPS) is 38.2. The van der Waals surface area contributed by atoms with Crippen LogP contribution in [0.25, 0.3) is 0 Å². The molecule has 18 heavy (non-hydrogen) atoms. The van der Waals surface area contributed by atoms with Gasteiger partial charge in [-0.05, 0) is 64.8 Å². The van der Waals surface area contributed by atoms with Crippen molar-refractivity contribution in [2.75, 3.05) is 6.54 Å². The van der Waals surface area contributed by atoms with Gasteiger partial charge in [-0.1, -0.05) is 13.8 Å². The summed E-state index contributed by atoms with van der Waals surface area (Å²) in [6.45, 7) is 8.27. The van der Waals surface area contributed by atoms with Crippen LogP contribution >= 0.6 is 0 Å². The van der Waals surface area contributed by atoms with Crippen LogP contribution < -0.4 is 5.32 Å². The minimum atomic E-state index is 0.805. The summed E-state index contributed by atoms with van der Waals surface area (Å²) in [6.07, 6.45) is 11.1. The van der Waals surface area contributed by atoms with Crippen LogP contribution in [0.1, 0.15) is 72.1 Å². The van der Waals surface area contributed by atoms with E-state index < -0.39 is 0 Å². The maximum Gasteiger partial charge on any atom is 0.0102 e. The van der Waals surface area contributed by atoms with Crippen molar-refractivity contribution in [3.8, 4) is 0 Å². The van der Waals surface area contributed by atoms with Crippen molar-refractivity contribution < 1.29 is 0 Å². The highest BCUT2D eigenvalue weighted by Crippen LogP contribution is 2.34. The number of hydrogen-bond donors (Lipinski definition) is 1. The molecule has 0 bridgehead atoms. The van der Waals surface area contributed by atoms with E-state index >= 15 is 0 Å². The number of nitrogens with zero attached hydrogens (tertiary/aromatic N) is 1. The Morgan fingerprint density at radius 1 is 1.00 bits per heavy atom. The first kappa shape index (κ1) is 14.3. The molecule has 2 atom stereocenters. The third kappa shape index (κ3) is 3.27. The molecule has 0 spiro atoms. The Morgan fingerprint density at radius 3 is 2.33 bits per heavy atom. The highest BCUT2D eigenvalue weighted by molar-refractivity contribution is 4.92. The molecule has 2 aliphatic rings. The van der Waals surface area contributed by atoms with Gasteiger partial charge in [0.1, 0.15) is 0 Å². The second-order valence-electron chi connectivity index (χ2n) is 6.40. The fraction of sp³-hybridized carbons (Fsp3) is 1.00. The molecule has 1 saturated heterocycles. The minimum Gasteiger partial charge on any atom is -0.314 e. The average molecular weight is 252 g/mol. The molecule has 1 aliphatic carbocycles. The second kappa shape index (κ2) is 6.91.